The van der Waals surface area contributed by atoms with Crippen LogP contribution in [0.3, 0.4) is 0 Å². The van der Waals surface area contributed by atoms with Crippen molar-refractivity contribution in [2.24, 2.45) is 0 Å². The Hall–Kier alpha value is -5.77. The van der Waals surface area contributed by atoms with E-state index >= 15 is 0 Å². The fourth-order valence-electron chi connectivity index (χ4n) is 7.03. The Bertz CT molecular complexity index is 2020. The van der Waals surface area contributed by atoms with Crippen molar-refractivity contribution in [3.05, 3.63) is 83.6 Å². The lowest BCUT2D eigenvalue weighted by Gasteiger charge is -2.41. The van der Waals surface area contributed by atoms with Crippen LogP contribution in [-0.4, -0.2) is 82.1 Å². The molecule has 2 fully saturated rings. The van der Waals surface area contributed by atoms with Crippen molar-refractivity contribution in [2.45, 2.75) is 76.8 Å². The molecule has 1 aromatic heterocycles. The van der Waals surface area contributed by atoms with Gasteiger partial charge < -0.3 is 39.3 Å². The summed E-state index contributed by atoms with van der Waals surface area (Å²) in [4.78, 5) is 40.2. The molecular formula is C40H45N7O6. The minimum atomic E-state index is -1.04. The topological polar surface area (TPSA) is 153 Å². The lowest BCUT2D eigenvalue weighted by atomic mass is 10.0. The van der Waals surface area contributed by atoms with E-state index in [2.05, 4.69) is 45.5 Å². The maximum absolute atomic E-state index is 12.6. The summed E-state index contributed by atoms with van der Waals surface area (Å²) in [5.41, 5.74) is 2.69. The summed E-state index contributed by atoms with van der Waals surface area (Å²) in [6.45, 7) is 8.23. The van der Waals surface area contributed by atoms with E-state index < -0.39 is 29.4 Å². The van der Waals surface area contributed by atoms with Gasteiger partial charge in [-0.25, -0.2) is 9.59 Å². The lowest BCUT2D eigenvalue weighted by Crippen LogP contribution is -2.55. The third-order valence-corrected chi connectivity index (χ3v) is 9.88. The molecule has 7 rings (SSSR count). The highest BCUT2D eigenvalue weighted by Crippen LogP contribution is 2.39. The number of nitriles is 1. The van der Waals surface area contributed by atoms with E-state index in [1.54, 1.807) is 0 Å². The summed E-state index contributed by atoms with van der Waals surface area (Å²) in [5.74, 6) is 1.46. The Morgan fingerprint density at radius 2 is 1.77 bits per heavy atom. The molecule has 3 aliphatic rings. The van der Waals surface area contributed by atoms with Crippen molar-refractivity contribution < 1.29 is 28.9 Å². The van der Waals surface area contributed by atoms with E-state index in [4.69, 9.17) is 24.2 Å². The SMILES string of the molecule is CC(C)(C)OC(=O)NC1(COc2nc3c(c(N4CCN(C(=O)O)[C@@H](CC#N)C4)n2)CCN(c2cc(OCc4ccccc4)cc4ccccc24)C3)CC1. The van der Waals surface area contributed by atoms with Crippen molar-refractivity contribution in [3.8, 4) is 17.8 Å². The summed E-state index contributed by atoms with van der Waals surface area (Å²) in [6.07, 6.45) is 0.649. The number of rotatable bonds is 10. The molecule has 0 spiro atoms. The number of carbonyl (C=O) groups excluding carboxylic acids is 1. The molecule has 2 amide bonds. The predicted octanol–water partition coefficient (Wildman–Crippen LogP) is 6.29. The first-order chi connectivity index (χ1) is 25.5. The van der Waals surface area contributed by atoms with Gasteiger partial charge in [-0.15, -0.1) is 0 Å². The van der Waals surface area contributed by atoms with Gasteiger partial charge >= 0.3 is 18.2 Å². The van der Waals surface area contributed by atoms with Gasteiger partial charge in [0.25, 0.3) is 0 Å². The van der Waals surface area contributed by atoms with Gasteiger partial charge in [-0.3, -0.25) is 0 Å². The van der Waals surface area contributed by atoms with Crippen LogP contribution in [0.5, 0.6) is 11.8 Å². The summed E-state index contributed by atoms with van der Waals surface area (Å²) in [7, 11) is 0. The zero-order valence-electron chi connectivity index (χ0n) is 30.4. The van der Waals surface area contributed by atoms with E-state index in [1.165, 1.54) is 4.90 Å². The number of benzene rings is 3. The monoisotopic (exact) mass is 719 g/mol. The molecule has 0 bridgehead atoms. The zero-order valence-corrected chi connectivity index (χ0v) is 30.4. The molecule has 1 saturated heterocycles. The molecule has 53 heavy (non-hydrogen) atoms. The molecule has 13 nitrogen and oxygen atoms in total. The van der Waals surface area contributed by atoms with Crippen LogP contribution >= 0.6 is 0 Å². The summed E-state index contributed by atoms with van der Waals surface area (Å²) < 4.78 is 18.1. The van der Waals surface area contributed by atoms with Crippen LogP contribution < -0.4 is 24.6 Å². The fourth-order valence-corrected chi connectivity index (χ4v) is 7.03. The van der Waals surface area contributed by atoms with Crippen LogP contribution in [0.4, 0.5) is 21.1 Å². The van der Waals surface area contributed by atoms with Crippen molar-refractivity contribution in [2.75, 3.05) is 42.6 Å². The molecular weight excluding hydrogens is 674 g/mol. The number of ether oxygens (including phenoxy) is 3. The number of carboxylic acid groups (broad SMARTS) is 1. The Morgan fingerprint density at radius 1 is 1.00 bits per heavy atom. The highest BCUT2D eigenvalue weighted by Gasteiger charge is 2.46. The molecule has 0 unspecified atom stereocenters. The van der Waals surface area contributed by atoms with Crippen LogP contribution in [0, 0.1) is 11.3 Å². The molecule has 1 aliphatic carbocycles. The van der Waals surface area contributed by atoms with Crippen LogP contribution in [0.2, 0.25) is 0 Å². The lowest BCUT2D eigenvalue weighted by molar-refractivity contribution is 0.0474. The normalized spacial score (nSPS) is 17.8. The molecule has 3 heterocycles. The number of alkyl carbamates (subject to hydrolysis) is 1. The average Bonchev–Trinajstić information content (AvgIpc) is 3.90. The van der Waals surface area contributed by atoms with Gasteiger partial charge in [0.1, 0.15) is 30.4 Å². The Kier molecular flexibility index (Phi) is 9.88. The number of aromatic nitrogens is 2. The van der Waals surface area contributed by atoms with Crippen molar-refractivity contribution in [1.29, 1.82) is 5.26 Å². The number of anilines is 2. The van der Waals surface area contributed by atoms with Gasteiger partial charge in [0, 0.05) is 48.9 Å². The number of fused-ring (bicyclic) bond motifs is 2. The Balaban J connectivity index is 1.19. The first kappa shape index (κ1) is 35.6. The van der Waals surface area contributed by atoms with Gasteiger partial charge in [0.15, 0.2) is 0 Å². The summed E-state index contributed by atoms with van der Waals surface area (Å²) in [6, 6.07) is 24.3. The molecule has 1 saturated carbocycles. The van der Waals surface area contributed by atoms with Crippen LogP contribution in [0.15, 0.2) is 66.7 Å². The van der Waals surface area contributed by atoms with E-state index in [0.717, 1.165) is 51.9 Å². The van der Waals surface area contributed by atoms with Gasteiger partial charge in [-0.1, -0.05) is 54.6 Å². The smallest absolute Gasteiger partial charge is 0.408 e. The molecule has 3 aromatic carbocycles. The average molecular weight is 720 g/mol. The van der Waals surface area contributed by atoms with Crippen LogP contribution in [-0.2, 0) is 24.3 Å². The molecule has 1 atom stereocenters. The predicted molar refractivity (Wildman–Crippen MR) is 199 cm³/mol. The number of nitrogens with one attached hydrogen (secondary N) is 1. The van der Waals surface area contributed by atoms with Crippen molar-refractivity contribution in [1.82, 2.24) is 20.2 Å². The highest BCUT2D eigenvalue weighted by molar-refractivity contribution is 5.96. The number of amides is 2. The first-order valence-electron chi connectivity index (χ1n) is 18.1. The summed E-state index contributed by atoms with van der Waals surface area (Å²) in [5, 5.41) is 24.5. The number of carbonyl (C=O) groups is 2. The van der Waals surface area contributed by atoms with Crippen LogP contribution in [0.25, 0.3) is 10.8 Å². The maximum atomic E-state index is 12.6. The second-order valence-electron chi connectivity index (χ2n) is 15.0. The second-order valence-corrected chi connectivity index (χ2v) is 15.0. The molecule has 276 valence electrons. The second kappa shape index (κ2) is 14.7. The minimum absolute atomic E-state index is 0.0713. The van der Waals surface area contributed by atoms with Gasteiger partial charge in [0.2, 0.25) is 0 Å². The number of piperazine rings is 1. The molecule has 2 aliphatic heterocycles. The van der Waals surface area contributed by atoms with Crippen molar-refractivity contribution >= 4 is 34.5 Å². The number of hydrogen-bond donors (Lipinski definition) is 2. The quantitative estimate of drug-likeness (QED) is 0.190. The number of nitrogens with zero attached hydrogens (tertiary/aromatic N) is 6. The third-order valence-electron chi connectivity index (χ3n) is 9.88. The van der Waals surface area contributed by atoms with E-state index in [9.17, 15) is 20.0 Å². The van der Waals surface area contributed by atoms with Crippen LogP contribution in [0.1, 0.15) is 56.9 Å². The minimum Gasteiger partial charge on any atom is -0.489 e. The van der Waals surface area contributed by atoms with Gasteiger partial charge in [0.05, 0.1) is 36.3 Å². The number of hydrogen-bond acceptors (Lipinski definition) is 10. The Labute approximate surface area is 309 Å². The van der Waals surface area contributed by atoms with E-state index in [-0.39, 0.29) is 25.6 Å². The maximum Gasteiger partial charge on any atom is 0.408 e. The standard InChI is InChI=1S/C40H45N7O6/c1-39(2,3)53-37(48)44-40(15-16-40)26-52-36-42-33-24-45(18-14-32(33)35(43-36)46-19-20-47(38(49)50)29(23-46)13-17-41)34-22-30(21-28-11-7-8-12-31(28)34)51-25-27-9-5-4-6-10-27/h4-12,21-22,29H,13-16,18-20,23-26H2,1-3H3,(H,44,48)(H,49,50)/t29-/m0/s1. The first-order valence-corrected chi connectivity index (χ1v) is 18.1. The molecule has 0 radical (unpaired) electrons. The molecule has 4 aromatic rings. The van der Waals surface area contributed by atoms with E-state index in [0.29, 0.717) is 45.0 Å². The largest absolute Gasteiger partial charge is 0.489 e. The zero-order chi connectivity index (χ0) is 37.2. The van der Waals surface area contributed by atoms with E-state index in [1.807, 2.05) is 63.2 Å². The Morgan fingerprint density at radius 3 is 2.51 bits per heavy atom. The molecule has 13 heteroatoms. The van der Waals surface area contributed by atoms with Gasteiger partial charge in [-0.05, 0) is 57.0 Å². The third kappa shape index (κ3) is 8.32. The summed E-state index contributed by atoms with van der Waals surface area (Å²) >= 11 is 0. The molecule has 2 N–H and O–H groups in total. The highest BCUT2D eigenvalue weighted by atomic mass is 16.6. The van der Waals surface area contributed by atoms with Gasteiger partial charge in [-0.2, -0.15) is 15.2 Å². The van der Waals surface area contributed by atoms with Crippen molar-refractivity contribution in [3.63, 3.8) is 0 Å². The fraction of sp³-hybridized carbons (Fsp3) is 0.425.